The van der Waals surface area contributed by atoms with Gasteiger partial charge in [-0.15, -0.1) is 0 Å². The zero-order valence-corrected chi connectivity index (χ0v) is 12.5. The number of rotatable bonds is 4. The first-order chi connectivity index (χ1) is 9.00. The van der Waals surface area contributed by atoms with Crippen molar-refractivity contribution < 1.29 is 9.90 Å². The molecular weight excluding hydrogens is 238 g/mol. The van der Waals surface area contributed by atoms with Crippen molar-refractivity contribution in [3.05, 3.63) is 0 Å². The molecule has 1 N–H and O–H groups in total. The van der Waals surface area contributed by atoms with Crippen molar-refractivity contribution in [1.29, 1.82) is 0 Å². The van der Waals surface area contributed by atoms with Crippen LogP contribution < -0.4 is 0 Å². The van der Waals surface area contributed by atoms with Gasteiger partial charge in [0.25, 0.3) is 0 Å². The van der Waals surface area contributed by atoms with E-state index < -0.39 is 11.4 Å². The van der Waals surface area contributed by atoms with Gasteiger partial charge in [-0.05, 0) is 57.9 Å². The topological polar surface area (TPSA) is 40.5 Å². The lowest BCUT2D eigenvalue weighted by Crippen LogP contribution is -2.46. The first-order valence-electron chi connectivity index (χ1n) is 7.96. The SMILES string of the molecule is CC(C)(C(=O)O)C1CCCN(CC2CCCCC2)C1. The van der Waals surface area contributed by atoms with Gasteiger partial charge in [-0.1, -0.05) is 19.3 Å². The van der Waals surface area contributed by atoms with Crippen LogP contribution in [0.15, 0.2) is 0 Å². The Hall–Kier alpha value is -0.570. The number of carboxylic acid groups (broad SMARTS) is 1. The fourth-order valence-electron chi connectivity index (χ4n) is 3.72. The molecule has 1 aliphatic heterocycles. The first kappa shape index (κ1) is 14.8. The van der Waals surface area contributed by atoms with Gasteiger partial charge in [-0.2, -0.15) is 0 Å². The van der Waals surface area contributed by atoms with Crippen molar-refractivity contribution in [2.24, 2.45) is 17.3 Å². The second kappa shape index (κ2) is 6.25. The largest absolute Gasteiger partial charge is 0.481 e. The lowest BCUT2D eigenvalue weighted by molar-refractivity contribution is -0.151. The molecule has 1 saturated carbocycles. The lowest BCUT2D eigenvalue weighted by atomic mass is 9.74. The number of likely N-dealkylation sites (tertiary alicyclic amines) is 1. The van der Waals surface area contributed by atoms with Gasteiger partial charge in [0.2, 0.25) is 0 Å². The standard InChI is InChI=1S/C16H29NO2/c1-16(2,15(18)19)14-9-6-10-17(12-14)11-13-7-4-3-5-8-13/h13-14H,3-12H2,1-2H3,(H,18,19). The Morgan fingerprint density at radius 1 is 1.16 bits per heavy atom. The van der Waals surface area contributed by atoms with Gasteiger partial charge in [0, 0.05) is 13.1 Å². The molecule has 0 amide bonds. The summed E-state index contributed by atoms with van der Waals surface area (Å²) >= 11 is 0. The number of piperidine rings is 1. The summed E-state index contributed by atoms with van der Waals surface area (Å²) in [5, 5.41) is 9.38. The fourth-order valence-corrected chi connectivity index (χ4v) is 3.72. The molecule has 2 rings (SSSR count). The average Bonchev–Trinajstić information content (AvgIpc) is 2.40. The van der Waals surface area contributed by atoms with Gasteiger partial charge in [0.1, 0.15) is 0 Å². The predicted molar refractivity (Wildman–Crippen MR) is 77.2 cm³/mol. The summed E-state index contributed by atoms with van der Waals surface area (Å²) in [5.74, 6) is 0.528. The van der Waals surface area contributed by atoms with Gasteiger partial charge in [-0.3, -0.25) is 4.79 Å². The number of nitrogens with zero attached hydrogens (tertiary/aromatic N) is 1. The minimum atomic E-state index is -0.642. The molecule has 1 aliphatic carbocycles. The van der Waals surface area contributed by atoms with E-state index in [1.807, 2.05) is 13.8 Å². The second-order valence-corrected chi connectivity index (χ2v) is 7.13. The number of carbonyl (C=O) groups is 1. The van der Waals surface area contributed by atoms with E-state index in [0.717, 1.165) is 25.3 Å². The van der Waals surface area contributed by atoms with E-state index in [2.05, 4.69) is 4.90 Å². The van der Waals surface area contributed by atoms with Crippen LogP contribution >= 0.6 is 0 Å². The van der Waals surface area contributed by atoms with Crippen LogP contribution in [0.25, 0.3) is 0 Å². The number of carboxylic acids is 1. The van der Waals surface area contributed by atoms with Crippen molar-refractivity contribution in [3.63, 3.8) is 0 Å². The maximum absolute atomic E-state index is 11.4. The number of hydrogen-bond acceptors (Lipinski definition) is 2. The van der Waals surface area contributed by atoms with E-state index in [4.69, 9.17) is 0 Å². The third-order valence-electron chi connectivity index (χ3n) is 5.32. The molecule has 0 aromatic carbocycles. The highest BCUT2D eigenvalue weighted by Gasteiger charge is 2.39. The summed E-state index contributed by atoms with van der Waals surface area (Å²) in [4.78, 5) is 13.9. The van der Waals surface area contributed by atoms with E-state index in [9.17, 15) is 9.90 Å². The third kappa shape index (κ3) is 3.71. The number of aliphatic carboxylic acids is 1. The molecule has 110 valence electrons. The molecule has 0 aromatic heterocycles. The Morgan fingerprint density at radius 2 is 1.84 bits per heavy atom. The van der Waals surface area contributed by atoms with Gasteiger partial charge in [0.05, 0.1) is 5.41 Å². The molecule has 2 fully saturated rings. The highest BCUT2D eigenvalue weighted by molar-refractivity contribution is 5.74. The lowest BCUT2D eigenvalue weighted by Gasteiger charge is -2.40. The minimum Gasteiger partial charge on any atom is -0.481 e. The average molecular weight is 267 g/mol. The van der Waals surface area contributed by atoms with E-state index >= 15 is 0 Å². The van der Waals surface area contributed by atoms with E-state index in [1.54, 1.807) is 0 Å². The van der Waals surface area contributed by atoms with Crippen LogP contribution in [0.1, 0.15) is 58.8 Å². The number of hydrogen-bond donors (Lipinski definition) is 1. The van der Waals surface area contributed by atoms with Crippen LogP contribution in [0.5, 0.6) is 0 Å². The molecule has 1 saturated heterocycles. The third-order valence-corrected chi connectivity index (χ3v) is 5.32. The van der Waals surface area contributed by atoms with Gasteiger partial charge < -0.3 is 10.0 Å². The molecule has 1 unspecified atom stereocenters. The smallest absolute Gasteiger partial charge is 0.309 e. The molecule has 0 spiro atoms. The molecule has 3 nitrogen and oxygen atoms in total. The molecule has 19 heavy (non-hydrogen) atoms. The maximum Gasteiger partial charge on any atom is 0.309 e. The van der Waals surface area contributed by atoms with Crippen molar-refractivity contribution in [3.8, 4) is 0 Å². The first-order valence-corrected chi connectivity index (χ1v) is 7.96. The van der Waals surface area contributed by atoms with Crippen LogP contribution in [-0.4, -0.2) is 35.6 Å². The molecule has 1 atom stereocenters. The quantitative estimate of drug-likeness (QED) is 0.849. The summed E-state index contributed by atoms with van der Waals surface area (Å²) < 4.78 is 0. The Labute approximate surface area is 117 Å². The highest BCUT2D eigenvalue weighted by atomic mass is 16.4. The monoisotopic (exact) mass is 267 g/mol. The van der Waals surface area contributed by atoms with Gasteiger partial charge >= 0.3 is 5.97 Å². The van der Waals surface area contributed by atoms with Crippen molar-refractivity contribution in [2.75, 3.05) is 19.6 Å². The summed E-state index contributed by atoms with van der Waals surface area (Å²) in [6, 6.07) is 0. The highest BCUT2D eigenvalue weighted by Crippen LogP contribution is 2.35. The molecule has 0 radical (unpaired) electrons. The molecular formula is C16H29NO2. The molecule has 0 bridgehead atoms. The molecule has 1 heterocycles. The predicted octanol–water partition coefficient (Wildman–Crippen LogP) is 3.39. The summed E-state index contributed by atoms with van der Waals surface area (Å²) in [5.41, 5.74) is -0.578. The Balaban J connectivity index is 1.88. The zero-order valence-electron chi connectivity index (χ0n) is 12.5. The fraction of sp³-hybridized carbons (Fsp3) is 0.938. The minimum absolute atomic E-state index is 0.308. The van der Waals surface area contributed by atoms with Gasteiger partial charge in [0.15, 0.2) is 0 Å². The maximum atomic E-state index is 11.4. The summed E-state index contributed by atoms with van der Waals surface area (Å²) in [7, 11) is 0. The van der Waals surface area contributed by atoms with Gasteiger partial charge in [-0.25, -0.2) is 0 Å². The van der Waals surface area contributed by atoms with Crippen LogP contribution in [0.3, 0.4) is 0 Å². The van der Waals surface area contributed by atoms with Crippen LogP contribution in [0.4, 0.5) is 0 Å². The molecule has 2 aliphatic rings. The van der Waals surface area contributed by atoms with Crippen molar-refractivity contribution in [2.45, 2.75) is 58.8 Å². The van der Waals surface area contributed by atoms with Crippen LogP contribution in [0.2, 0.25) is 0 Å². The normalized spacial score (nSPS) is 27.4. The van der Waals surface area contributed by atoms with E-state index in [-0.39, 0.29) is 0 Å². The van der Waals surface area contributed by atoms with E-state index in [1.165, 1.54) is 45.2 Å². The Bertz CT molecular complexity index is 308. The van der Waals surface area contributed by atoms with Crippen LogP contribution in [-0.2, 0) is 4.79 Å². The molecule has 0 aromatic rings. The van der Waals surface area contributed by atoms with Crippen molar-refractivity contribution >= 4 is 5.97 Å². The molecule has 3 heteroatoms. The van der Waals surface area contributed by atoms with Crippen LogP contribution in [0, 0.1) is 17.3 Å². The Morgan fingerprint density at radius 3 is 2.47 bits per heavy atom. The summed E-state index contributed by atoms with van der Waals surface area (Å²) in [6.07, 6.45) is 9.18. The van der Waals surface area contributed by atoms with Crippen molar-refractivity contribution in [1.82, 2.24) is 4.90 Å². The zero-order chi connectivity index (χ0) is 13.9. The second-order valence-electron chi connectivity index (χ2n) is 7.13. The van der Waals surface area contributed by atoms with E-state index in [0.29, 0.717) is 5.92 Å². The summed E-state index contributed by atoms with van der Waals surface area (Å²) in [6.45, 7) is 7.14. The Kier molecular flexibility index (Phi) is 4.88.